The molecule has 0 atom stereocenters. The average molecular weight is 191 g/mol. The van der Waals surface area contributed by atoms with E-state index < -0.39 is 0 Å². The van der Waals surface area contributed by atoms with Crippen molar-refractivity contribution in [3.8, 4) is 0 Å². The summed E-state index contributed by atoms with van der Waals surface area (Å²) in [6.07, 6.45) is 6.23. The second-order valence-corrected chi connectivity index (χ2v) is 3.87. The number of nitrogens with two attached hydrogens (primary N) is 1. The molecule has 0 saturated carbocycles. The fourth-order valence-electron chi connectivity index (χ4n) is 2.02. The highest BCUT2D eigenvalue weighted by Crippen LogP contribution is 2.35. The van der Waals surface area contributed by atoms with Gasteiger partial charge in [0.2, 0.25) is 0 Å². The van der Waals surface area contributed by atoms with Crippen molar-refractivity contribution in [3.63, 3.8) is 0 Å². The molecule has 0 bridgehead atoms. The van der Waals surface area contributed by atoms with Crippen LogP contribution in [-0.2, 0) is 5.41 Å². The van der Waals surface area contributed by atoms with E-state index in [4.69, 9.17) is 5.73 Å². The highest BCUT2D eigenvalue weighted by molar-refractivity contribution is 5.31. The number of benzene rings is 1. The molecule has 0 unspecified atom stereocenters. The smallest absolute Gasteiger partial charge is 0.123 e. The molecule has 1 aromatic rings. The molecule has 0 radical (unpaired) electrons. The molecule has 0 aromatic heterocycles. The summed E-state index contributed by atoms with van der Waals surface area (Å²) in [5.74, 6) is -0.188. The minimum absolute atomic E-state index is 0.0215. The van der Waals surface area contributed by atoms with Crippen molar-refractivity contribution in [1.29, 1.82) is 0 Å². The van der Waals surface area contributed by atoms with Crippen molar-refractivity contribution in [3.05, 3.63) is 47.8 Å². The summed E-state index contributed by atoms with van der Waals surface area (Å²) in [6, 6.07) is 6.69. The van der Waals surface area contributed by atoms with Crippen molar-refractivity contribution in [1.82, 2.24) is 0 Å². The van der Waals surface area contributed by atoms with E-state index in [0.717, 1.165) is 18.4 Å². The van der Waals surface area contributed by atoms with Crippen LogP contribution in [0.5, 0.6) is 0 Å². The molecule has 0 fully saturated rings. The lowest BCUT2D eigenvalue weighted by molar-refractivity contribution is 0.469. The zero-order chi connectivity index (χ0) is 10.0. The highest BCUT2D eigenvalue weighted by atomic mass is 19.1. The summed E-state index contributed by atoms with van der Waals surface area (Å²) in [4.78, 5) is 0. The lowest BCUT2D eigenvalue weighted by atomic mass is 9.78. The van der Waals surface area contributed by atoms with Crippen LogP contribution in [0.1, 0.15) is 18.4 Å². The molecule has 1 aliphatic carbocycles. The van der Waals surface area contributed by atoms with Crippen LogP contribution in [0.15, 0.2) is 36.4 Å². The van der Waals surface area contributed by atoms with E-state index in [-0.39, 0.29) is 11.2 Å². The van der Waals surface area contributed by atoms with Gasteiger partial charge in [-0.1, -0.05) is 24.3 Å². The van der Waals surface area contributed by atoms with Crippen LogP contribution in [0.4, 0.5) is 4.39 Å². The Balaban J connectivity index is 2.32. The van der Waals surface area contributed by atoms with E-state index in [1.165, 1.54) is 12.1 Å². The maximum absolute atomic E-state index is 12.8. The predicted octanol–water partition coefficient (Wildman–Crippen LogP) is 2.37. The topological polar surface area (TPSA) is 26.0 Å². The van der Waals surface area contributed by atoms with E-state index in [0.29, 0.717) is 6.54 Å². The van der Waals surface area contributed by atoms with Crippen LogP contribution in [0.25, 0.3) is 0 Å². The molecule has 2 N–H and O–H groups in total. The third kappa shape index (κ3) is 1.46. The number of halogens is 1. The van der Waals surface area contributed by atoms with Gasteiger partial charge in [0.15, 0.2) is 0 Å². The van der Waals surface area contributed by atoms with Gasteiger partial charge in [0.1, 0.15) is 5.82 Å². The van der Waals surface area contributed by atoms with Crippen LogP contribution < -0.4 is 5.73 Å². The van der Waals surface area contributed by atoms with E-state index in [1.54, 1.807) is 0 Å². The Kier molecular flexibility index (Phi) is 2.38. The van der Waals surface area contributed by atoms with Gasteiger partial charge in [-0.05, 0) is 30.5 Å². The van der Waals surface area contributed by atoms with Crippen LogP contribution in [0, 0.1) is 5.82 Å². The van der Waals surface area contributed by atoms with E-state index in [2.05, 4.69) is 12.2 Å². The first-order chi connectivity index (χ1) is 6.77. The highest BCUT2D eigenvalue weighted by Gasteiger charge is 2.31. The molecule has 0 amide bonds. The zero-order valence-corrected chi connectivity index (χ0v) is 8.04. The Hall–Kier alpha value is -1.15. The first kappa shape index (κ1) is 9.41. The van der Waals surface area contributed by atoms with Gasteiger partial charge in [0.25, 0.3) is 0 Å². The van der Waals surface area contributed by atoms with E-state index in [1.807, 2.05) is 12.1 Å². The van der Waals surface area contributed by atoms with Crippen molar-refractivity contribution in [2.45, 2.75) is 18.3 Å². The first-order valence-corrected chi connectivity index (χ1v) is 4.88. The summed E-state index contributed by atoms with van der Waals surface area (Å²) in [5.41, 5.74) is 6.97. The maximum atomic E-state index is 12.8. The van der Waals surface area contributed by atoms with Crippen LogP contribution >= 0.6 is 0 Å². The van der Waals surface area contributed by atoms with Gasteiger partial charge in [-0.3, -0.25) is 0 Å². The van der Waals surface area contributed by atoms with Crippen molar-refractivity contribution < 1.29 is 4.39 Å². The summed E-state index contributed by atoms with van der Waals surface area (Å²) < 4.78 is 12.8. The van der Waals surface area contributed by atoms with Gasteiger partial charge in [0.05, 0.1) is 0 Å². The fraction of sp³-hybridized carbons (Fsp3) is 0.333. The van der Waals surface area contributed by atoms with Gasteiger partial charge < -0.3 is 5.73 Å². The Morgan fingerprint density at radius 1 is 1.14 bits per heavy atom. The second-order valence-electron chi connectivity index (χ2n) is 3.87. The van der Waals surface area contributed by atoms with Gasteiger partial charge in [-0.25, -0.2) is 4.39 Å². The molecule has 0 spiro atoms. The Bertz CT molecular complexity index is 332. The molecule has 1 aromatic carbocycles. The van der Waals surface area contributed by atoms with Crippen LogP contribution in [0.3, 0.4) is 0 Å². The summed E-state index contributed by atoms with van der Waals surface area (Å²) >= 11 is 0. The summed E-state index contributed by atoms with van der Waals surface area (Å²) in [5, 5.41) is 0. The zero-order valence-electron chi connectivity index (χ0n) is 8.04. The molecular weight excluding hydrogens is 177 g/mol. The van der Waals surface area contributed by atoms with E-state index in [9.17, 15) is 4.39 Å². The normalized spacial score (nSPS) is 18.7. The first-order valence-electron chi connectivity index (χ1n) is 4.88. The lowest BCUT2D eigenvalue weighted by Gasteiger charge is -2.27. The molecule has 74 valence electrons. The van der Waals surface area contributed by atoms with Gasteiger partial charge in [-0.2, -0.15) is 0 Å². The second kappa shape index (κ2) is 3.54. The Morgan fingerprint density at radius 3 is 2.21 bits per heavy atom. The molecule has 2 heteroatoms. The minimum atomic E-state index is -0.188. The Morgan fingerprint density at radius 2 is 1.71 bits per heavy atom. The summed E-state index contributed by atoms with van der Waals surface area (Å²) in [7, 11) is 0. The van der Waals surface area contributed by atoms with E-state index >= 15 is 0 Å². The molecule has 14 heavy (non-hydrogen) atoms. The summed E-state index contributed by atoms with van der Waals surface area (Å²) in [6.45, 7) is 0.617. The minimum Gasteiger partial charge on any atom is -0.330 e. The third-order valence-electron chi connectivity index (χ3n) is 3.03. The quantitative estimate of drug-likeness (QED) is 0.713. The SMILES string of the molecule is NCC1(c2ccc(F)cc2)CC=CC1. The third-order valence-corrected chi connectivity index (χ3v) is 3.03. The number of hydrogen-bond donors (Lipinski definition) is 1. The Labute approximate surface area is 83.4 Å². The van der Waals surface area contributed by atoms with Crippen LogP contribution in [0.2, 0.25) is 0 Å². The fourth-order valence-corrected chi connectivity index (χ4v) is 2.02. The number of allylic oxidation sites excluding steroid dienone is 2. The monoisotopic (exact) mass is 191 g/mol. The molecule has 1 nitrogen and oxygen atoms in total. The molecular formula is C12H14FN. The van der Waals surface area contributed by atoms with Gasteiger partial charge >= 0.3 is 0 Å². The number of hydrogen-bond acceptors (Lipinski definition) is 1. The van der Waals surface area contributed by atoms with Crippen molar-refractivity contribution >= 4 is 0 Å². The molecule has 0 aliphatic heterocycles. The number of rotatable bonds is 2. The largest absolute Gasteiger partial charge is 0.330 e. The molecule has 1 aliphatic rings. The van der Waals surface area contributed by atoms with Crippen LogP contribution in [-0.4, -0.2) is 6.54 Å². The molecule has 2 rings (SSSR count). The van der Waals surface area contributed by atoms with Crippen molar-refractivity contribution in [2.75, 3.05) is 6.54 Å². The van der Waals surface area contributed by atoms with Crippen molar-refractivity contribution in [2.24, 2.45) is 5.73 Å². The standard InChI is InChI=1S/C12H14FN/c13-11-5-3-10(4-6-11)12(9-14)7-1-2-8-12/h1-6H,7-9,14H2. The van der Waals surface area contributed by atoms with Gasteiger partial charge in [-0.15, -0.1) is 0 Å². The van der Waals surface area contributed by atoms with Gasteiger partial charge in [0, 0.05) is 12.0 Å². The maximum Gasteiger partial charge on any atom is 0.123 e. The predicted molar refractivity (Wildman–Crippen MR) is 55.5 cm³/mol. The molecule has 0 heterocycles. The average Bonchev–Trinajstić information content (AvgIpc) is 2.68. The molecule has 0 saturated heterocycles. The lowest BCUT2D eigenvalue weighted by Crippen LogP contribution is -2.32.